The summed E-state index contributed by atoms with van der Waals surface area (Å²) < 4.78 is 22.1. The van der Waals surface area contributed by atoms with Crippen LogP contribution in [0.4, 0.5) is 0 Å². The van der Waals surface area contributed by atoms with Crippen molar-refractivity contribution in [2.24, 2.45) is 0 Å². The quantitative estimate of drug-likeness (QED) is 0.782. The molecule has 1 rings (SSSR count). The van der Waals surface area contributed by atoms with E-state index < -0.39 is 9.84 Å². The van der Waals surface area contributed by atoms with E-state index in [0.717, 1.165) is 11.8 Å². The van der Waals surface area contributed by atoms with E-state index in [1.54, 1.807) is 0 Å². The number of ketones is 1. The van der Waals surface area contributed by atoms with Crippen LogP contribution in [0.1, 0.15) is 31.2 Å². The Balaban J connectivity index is 2.72. The Morgan fingerprint density at radius 3 is 2.29 bits per heavy atom. The average Bonchev–Trinajstić information content (AvgIpc) is 2.28. The lowest BCUT2D eigenvalue weighted by Crippen LogP contribution is -2.16. The first kappa shape index (κ1) is 13.9. The molecule has 1 aromatic rings. The number of hydrogen-bond acceptors (Lipinski definition) is 3. The Hall–Kier alpha value is -1.16. The summed E-state index contributed by atoms with van der Waals surface area (Å²) >= 11 is 0. The molecule has 0 aliphatic heterocycles. The highest BCUT2D eigenvalue weighted by Gasteiger charge is 2.19. The van der Waals surface area contributed by atoms with Gasteiger partial charge in [-0.3, -0.25) is 4.79 Å². The van der Waals surface area contributed by atoms with Crippen LogP contribution in [0, 0.1) is 0 Å². The fourth-order valence-electron chi connectivity index (χ4n) is 1.79. The topological polar surface area (TPSA) is 51.2 Å². The number of benzene rings is 1. The van der Waals surface area contributed by atoms with E-state index >= 15 is 0 Å². The summed E-state index contributed by atoms with van der Waals surface area (Å²) in [5, 5.41) is 0. The van der Waals surface area contributed by atoms with Crippen LogP contribution >= 0.6 is 0 Å². The number of sulfone groups is 1. The molecule has 4 heteroatoms. The second-order valence-electron chi connectivity index (χ2n) is 4.22. The molecule has 0 radical (unpaired) electrons. The molecule has 0 saturated carbocycles. The molecular formula is C13H18O3S. The van der Waals surface area contributed by atoms with Gasteiger partial charge in [0.05, 0.1) is 5.75 Å². The van der Waals surface area contributed by atoms with Gasteiger partial charge in [0.25, 0.3) is 0 Å². The Morgan fingerprint density at radius 2 is 1.82 bits per heavy atom. The minimum Gasteiger partial charge on any atom is -0.299 e. The predicted octanol–water partition coefficient (Wildman–Crippen LogP) is 2.18. The van der Waals surface area contributed by atoms with Gasteiger partial charge in [-0.15, -0.1) is 0 Å². The number of hydrogen-bond donors (Lipinski definition) is 0. The highest BCUT2D eigenvalue weighted by atomic mass is 32.2. The normalized spacial score (nSPS) is 13.3. The molecule has 0 aliphatic rings. The van der Waals surface area contributed by atoms with Crippen molar-refractivity contribution in [2.45, 2.75) is 25.7 Å². The Labute approximate surface area is 103 Å². The zero-order valence-corrected chi connectivity index (χ0v) is 11.0. The molecule has 1 aromatic carbocycles. The summed E-state index contributed by atoms with van der Waals surface area (Å²) in [4.78, 5) is 12.0. The lowest BCUT2D eigenvalue weighted by atomic mass is 9.91. The zero-order chi connectivity index (χ0) is 12.9. The van der Waals surface area contributed by atoms with E-state index in [2.05, 4.69) is 0 Å². The van der Waals surface area contributed by atoms with Crippen LogP contribution in [0.2, 0.25) is 0 Å². The lowest BCUT2D eigenvalue weighted by Gasteiger charge is -2.13. The van der Waals surface area contributed by atoms with Gasteiger partial charge in [0.2, 0.25) is 0 Å². The lowest BCUT2D eigenvalue weighted by molar-refractivity contribution is -0.120. The molecule has 0 bridgehead atoms. The average molecular weight is 254 g/mol. The summed E-state index contributed by atoms with van der Waals surface area (Å²) in [6.07, 6.45) is 1.96. The molecule has 0 aromatic heterocycles. The summed E-state index contributed by atoms with van der Waals surface area (Å²) in [6, 6.07) is 9.50. The fourth-order valence-corrected chi connectivity index (χ4v) is 2.37. The molecule has 0 N–H and O–H groups in total. The molecule has 94 valence electrons. The van der Waals surface area contributed by atoms with Crippen molar-refractivity contribution >= 4 is 15.6 Å². The Kier molecular flexibility index (Phi) is 4.87. The van der Waals surface area contributed by atoms with Crippen molar-refractivity contribution in [3.63, 3.8) is 0 Å². The van der Waals surface area contributed by atoms with Crippen LogP contribution in [0.25, 0.3) is 0 Å². The minimum absolute atomic E-state index is 0.00382. The third-order valence-corrected chi connectivity index (χ3v) is 3.66. The molecule has 1 atom stereocenters. The van der Waals surface area contributed by atoms with Crippen molar-refractivity contribution in [3.05, 3.63) is 35.9 Å². The number of rotatable bonds is 6. The summed E-state index contributed by atoms with van der Waals surface area (Å²) in [5.74, 6) is -0.239. The minimum atomic E-state index is -3.06. The van der Waals surface area contributed by atoms with Gasteiger partial charge in [0, 0.05) is 18.6 Å². The van der Waals surface area contributed by atoms with Gasteiger partial charge in [-0.1, -0.05) is 37.3 Å². The first-order valence-electron chi connectivity index (χ1n) is 5.69. The standard InChI is InChI=1S/C13H18O3S/c1-3-12(11-7-5-4-6-8-11)13(14)9-10-17(2,15)16/h4-8,12H,3,9-10H2,1-2H3. The van der Waals surface area contributed by atoms with Gasteiger partial charge in [-0.25, -0.2) is 8.42 Å². The Morgan fingerprint density at radius 1 is 1.24 bits per heavy atom. The monoisotopic (exact) mass is 254 g/mol. The Bertz CT molecular complexity index is 463. The van der Waals surface area contributed by atoms with Gasteiger partial charge in [0.15, 0.2) is 0 Å². The maximum absolute atomic E-state index is 12.0. The second kappa shape index (κ2) is 5.96. The van der Waals surface area contributed by atoms with E-state index in [0.29, 0.717) is 6.42 Å². The van der Waals surface area contributed by atoms with Crippen LogP contribution < -0.4 is 0 Å². The number of Topliss-reactive ketones (excluding diaryl/α,β-unsaturated/α-hetero) is 1. The number of carbonyl (C=O) groups is 1. The van der Waals surface area contributed by atoms with Crippen LogP contribution in [-0.4, -0.2) is 26.2 Å². The van der Waals surface area contributed by atoms with Gasteiger partial charge >= 0.3 is 0 Å². The van der Waals surface area contributed by atoms with Crippen LogP contribution in [-0.2, 0) is 14.6 Å². The molecule has 17 heavy (non-hydrogen) atoms. The van der Waals surface area contributed by atoms with E-state index in [1.807, 2.05) is 37.3 Å². The maximum atomic E-state index is 12.0. The first-order valence-corrected chi connectivity index (χ1v) is 7.75. The predicted molar refractivity (Wildman–Crippen MR) is 68.8 cm³/mol. The third-order valence-electron chi connectivity index (χ3n) is 2.72. The summed E-state index contributed by atoms with van der Waals surface area (Å²) in [7, 11) is -3.06. The van der Waals surface area contributed by atoms with Crippen LogP contribution in [0.5, 0.6) is 0 Å². The smallest absolute Gasteiger partial charge is 0.147 e. The van der Waals surface area contributed by atoms with Crippen LogP contribution in [0.3, 0.4) is 0 Å². The van der Waals surface area contributed by atoms with E-state index in [-0.39, 0.29) is 23.9 Å². The fraction of sp³-hybridized carbons (Fsp3) is 0.462. The molecule has 0 saturated heterocycles. The van der Waals surface area contributed by atoms with Crippen molar-refractivity contribution < 1.29 is 13.2 Å². The van der Waals surface area contributed by atoms with Crippen molar-refractivity contribution in [1.29, 1.82) is 0 Å². The number of carbonyl (C=O) groups excluding carboxylic acids is 1. The molecule has 3 nitrogen and oxygen atoms in total. The second-order valence-corrected chi connectivity index (χ2v) is 6.48. The van der Waals surface area contributed by atoms with E-state index in [9.17, 15) is 13.2 Å². The first-order chi connectivity index (χ1) is 7.94. The molecular weight excluding hydrogens is 236 g/mol. The van der Waals surface area contributed by atoms with E-state index in [1.165, 1.54) is 0 Å². The highest BCUT2D eigenvalue weighted by Crippen LogP contribution is 2.21. The largest absolute Gasteiger partial charge is 0.299 e. The maximum Gasteiger partial charge on any atom is 0.147 e. The zero-order valence-electron chi connectivity index (χ0n) is 10.2. The van der Waals surface area contributed by atoms with Gasteiger partial charge in [0.1, 0.15) is 15.6 Å². The molecule has 0 spiro atoms. The van der Waals surface area contributed by atoms with Crippen LogP contribution in [0.15, 0.2) is 30.3 Å². The highest BCUT2D eigenvalue weighted by molar-refractivity contribution is 7.90. The molecule has 1 unspecified atom stereocenters. The molecule has 0 heterocycles. The van der Waals surface area contributed by atoms with Crippen molar-refractivity contribution in [1.82, 2.24) is 0 Å². The molecule has 0 aliphatic carbocycles. The van der Waals surface area contributed by atoms with Gasteiger partial charge < -0.3 is 0 Å². The summed E-state index contributed by atoms with van der Waals surface area (Å²) in [5.41, 5.74) is 0.966. The summed E-state index contributed by atoms with van der Waals surface area (Å²) in [6.45, 7) is 1.94. The van der Waals surface area contributed by atoms with Crippen molar-refractivity contribution in [2.75, 3.05) is 12.0 Å². The molecule has 0 amide bonds. The third kappa shape index (κ3) is 4.69. The van der Waals surface area contributed by atoms with Gasteiger partial charge in [-0.2, -0.15) is 0 Å². The van der Waals surface area contributed by atoms with Gasteiger partial charge in [-0.05, 0) is 12.0 Å². The van der Waals surface area contributed by atoms with Crippen molar-refractivity contribution in [3.8, 4) is 0 Å². The molecule has 0 fully saturated rings. The SMILES string of the molecule is CCC(C(=O)CCS(C)(=O)=O)c1ccccc1. The van der Waals surface area contributed by atoms with E-state index in [4.69, 9.17) is 0 Å².